The van der Waals surface area contributed by atoms with E-state index in [1.807, 2.05) is 25.3 Å². The predicted molar refractivity (Wildman–Crippen MR) is 110 cm³/mol. The Morgan fingerprint density at radius 2 is 1.89 bits per heavy atom. The van der Waals surface area contributed by atoms with Crippen LogP contribution in [0.4, 0.5) is 5.95 Å². The minimum Gasteiger partial charge on any atom is -0.351 e. The molecule has 1 aliphatic carbocycles. The Hall–Kier alpha value is -2.11. The van der Waals surface area contributed by atoms with Gasteiger partial charge in [0.1, 0.15) is 0 Å². The van der Waals surface area contributed by atoms with Gasteiger partial charge in [0.05, 0.1) is 27.1 Å². The molecule has 2 heterocycles. The molecule has 4 rings (SSSR count). The number of rotatable bonds is 4. The first kappa shape index (κ1) is 18.3. The third-order valence-corrected chi connectivity index (χ3v) is 5.68. The highest BCUT2D eigenvalue weighted by Gasteiger charge is 2.16. The van der Waals surface area contributed by atoms with E-state index in [0.717, 1.165) is 22.6 Å². The maximum atomic E-state index is 6.14. The average Bonchev–Trinajstić information content (AvgIpc) is 3.07. The molecule has 1 N–H and O–H groups in total. The first-order chi connectivity index (χ1) is 13.1. The van der Waals surface area contributed by atoms with Gasteiger partial charge in [0.2, 0.25) is 5.95 Å². The molecule has 0 saturated heterocycles. The molecule has 0 amide bonds. The number of aryl methyl sites for hydroxylation is 1. The number of nitrogens with zero attached hydrogens (tertiary/aromatic N) is 4. The summed E-state index contributed by atoms with van der Waals surface area (Å²) < 4.78 is 1.79. The van der Waals surface area contributed by atoms with Crippen LogP contribution in [-0.4, -0.2) is 25.8 Å². The van der Waals surface area contributed by atoms with Crippen LogP contribution in [0.25, 0.3) is 16.9 Å². The van der Waals surface area contributed by atoms with Crippen molar-refractivity contribution < 1.29 is 0 Å². The van der Waals surface area contributed by atoms with Gasteiger partial charge < -0.3 is 5.32 Å². The molecule has 3 aromatic rings. The van der Waals surface area contributed by atoms with Crippen LogP contribution in [0.1, 0.15) is 37.8 Å². The molecule has 7 heteroatoms. The normalized spacial score (nSPS) is 15.1. The Kier molecular flexibility index (Phi) is 5.32. The van der Waals surface area contributed by atoms with E-state index in [2.05, 4.69) is 15.4 Å². The number of aromatic nitrogens is 4. The minimum atomic E-state index is 0.467. The molecule has 1 aromatic carbocycles. The second-order valence-corrected chi connectivity index (χ2v) is 7.73. The van der Waals surface area contributed by atoms with Crippen molar-refractivity contribution >= 4 is 29.2 Å². The van der Waals surface area contributed by atoms with Crippen LogP contribution in [-0.2, 0) is 0 Å². The molecule has 0 bridgehead atoms. The molecule has 1 saturated carbocycles. The van der Waals surface area contributed by atoms with E-state index in [1.165, 1.54) is 32.1 Å². The van der Waals surface area contributed by atoms with E-state index in [1.54, 1.807) is 23.0 Å². The summed E-state index contributed by atoms with van der Waals surface area (Å²) in [6, 6.07) is 7.84. The van der Waals surface area contributed by atoms with Gasteiger partial charge in [0.25, 0.3) is 0 Å². The van der Waals surface area contributed by atoms with Gasteiger partial charge in [-0.1, -0.05) is 42.5 Å². The molecule has 1 fully saturated rings. The van der Waals surface area contributed by atoms with Crippen LogP contribution in [0.15, 0.2) is 36.7 Å². The summed E-state index contributed by atoms with van der Waals surface area (Å²) in [5, 5.41) is 9.12. The van der Waals surface area contributed by atoms with Gasteiger partial charge >= 0.3 is 0 Å². The Balaban J connectivity index is 1.60. The van der Waals surface area contributed by atoms with Gasteiger partial charge in [0.15, 0.2) is 0 Å². The summed E-state index contributed by atoms with van der Waals surface area (Å²) in [6.45, 7) is 1.97. The monoisotopic (exact) mass is 401 g/mol. The van der Waals surface area contributed by atoms with Gasteiger partial charge in [-0.15, -0.1) is 0 Å². The lowest BCUT2D eigenvalue weighted by Gasteiger charge is -2.22. The average molecular weight is 402 g/mol. The third kappa shape index (κ3) is 4.09. The van der Waals surface area contributed by atoms with Crippen molar-refractivity contribution in [3.05, 3.63) is 52.4 Å². The smallest absolute Gasteiger partial charge is 0.223 e. The fourth-order valence-electron chi connectivity index (χ4n) is 3.48. The maximum Gasteiger partial charge on any atom is 0.223 e. The predicted octanol–water partition coefficient (Wildman–Crippen LogP) is 5.69. The zero-order chi connectivity index (χ0) is 18.8. The van der Waals surface area contributed by atoms with E-state index in [4.69, 9.17) is 28.2 Å². The van der Waals surface area contributed by atoms with Crippen molar-refractivity contribution in [1.82, 2.24) is 19.7 Å². The third-order valence-electron chi connectivity index (χ3n) is 4.94. The highest BCUT2D eigenvalue weighted by Crippen LogP contribution is 2.27. The topological polar surface area (TPSA) is 55.6 Å². The summed E-state index contributed by atoms with van der Waals surface area (Å²) in [6.07, 6.45) is 9.99. The second-order valence-electron chi connectivity index (χ2n) is 6.92. The summed E-state index contributed by atoms with van der Waals surface area (Å²) in [5.41, 5.74) is 3.57. The lowest BCUT2D eigenvalue weighted by atomic mass is 9.96. The fourth-order valence-corrected chi connectivity index (χ4v) is 3.77. The standard InChI is InChI=1S/C20H21Cl2N5/c1-13-16(12-27(26-13)15-7-8-17(21)18(22)11-15)19-9-10-23-20(25-19)24-14-5-3-2-4-6-14/h7-12,14H,2-6H2,1H3,(H,23,24,25). The van der Waals surface area contributed by atoms with Gasteiger partial charge in [-0.25, -0.2) is 14.6 Å². The maximum absolute atomic E-state index is 6.14. The molecule has 0 aliphatic heterocycles. The molecule has 1 aliphatic rings. The molecule has 140 valence electrons. The number of nitrogens with one attached hydrogen (secondary N) is 1. The molecule has 0 radical (unpaired) electrons. The Labute approximate surface area is 168 Å². The second kappa shape index (κ2) is 7.87. The quantitative estimate of drug-likeness (QED) is 0.609. The molecular weight excluding hydrogens is 381 g/mol. The van der Waals surface area contributed by atoms with Crippen molar-refractivity contribution in [2.24, 2.45) is 0 Å². The number of halogens is 2. The van der Waals surface area contributed by atoms with Gasteiger partial charge in [-0.05, 0) is 44.0 Å². The number of benzene rings is 1. The molecule has 2 aromatic heterocycles. The van der Waals surface area contributed by atoms with Crippen LogP contribution in [0, 0.1) is 6.92 Å². The van der Waals surface area contributed by atoms with E-state index in [-0.39, 0.29) is 0 Å². The van der Waals surface area contributed by atoms with Crippen molar-refractivity contribution in [1.29, 1.82) is 0 Å². The Bertz CT molecular complexity index is 947. The largest absolute Gasteiger partial charge is 0.351 e. The van der Waals surface area contributed by atoms with E-state index >= 15 is 0 Å². The summed E-state index contributed by atoms with van der Waals surface area (Å²) in [4.78, 5) is 9.11. The first-order valence-corrected chi connectivity index (χ1v) is 9.97. The van der Waals surface area contributed by atoms with E-state index < -0.39 is 0 Å². The zero-order valence-corrected chi connectivity index (χ0v) is 16.6. The lowest BCUT2D eigenvalue weighted by Crippen LogP contribution is -2.23. The molecule has 5 nitrogen and oxygen atoms in total. The number of hydrogen-bond donors (Lipinski definition) is 1. The van der Waals surface area contributed by atoms with Crippen molar-refractivity contribution in [2.45, 2.75) is 45.1 Å². The molecule has 0 spiro atoms. The number of hydrogen-bond acceptors (Lipinski definition) is 4. The Morgan fingerprint density at radius 3 is 2.67 bits per heavy atom. The van der Waals surface area contributed by atoms with E-state index in [9.17, 15) is 0 Å². The highest BCUT2D eigenvalue weighted by molar-refractivity contribution is 6.42. The molecule has 0 atom stereocenters. The Morgan fingerprint density at radius 1 is 1.07 bits per heavy atom. The SMILES string of the molecule is Cc1nn(-c2ccc(Cl)c(Cl)c2)cc1-c1ccnc(NC2CCCCC2)n1. The summed E-state index contributed by atoms with van der Waals surface area (Å²) in [5.74, 6) is 0.682. The highest BCUT2D eigenvalue weighted by atomic mass is 35.5. The summed E-state index contributed by atoms with van der Waals surface area (Å²) in [7, 11) is 0. The molecular formula is C20H21Cl2N5. The van der Waals surface area contributed by atoms with Gasteiger partial charge in [-0.3, -0.25) is 0 Å². The fraction of sp³-hybridized carbons (Fsp3) is 0.350. The van der Waals surface area contributed by atoms with Gasteiger partial charge in [-0.2, -0.15) is 5.10 Å². The van der Waals surface area contributed by atoms with Gasteiger partial charge in [0, 0.05) is 24.0 Å². The van der Waals surface area contributed by atoms with Crippen LogP contribution >= 0.6 is 23.2 Å². The summed E-state index contributed by atoms with van der Waals surface area (Å²) >= 11 is 12.2. The van der Waals surface area contributed by atoms with Crippen LogP contribution in [0.5, 0.6) is 0 Å². The van der Waals surface area contributed by atoms with Crippen molar-refractivity contribution in [3.63, 3.8) is 0 Å². The van der Waals surface area contributed by atoms with Crippen LogP contribution in [0.2, 0.25) is 10.0 Å². The van der Waals surface area contributed by atoms with Crippen molar-refractivity contribution in [2.75, 3.05) is 5.32 Å². The number of anilines is 1. The molecule has 27 heavy (non-hydrogen) atoms. The first-order valence-electron chi connectivity index (χ1n) is 9.22. The van der Waals surface area contributed by atoms with Crippen LogP contribution in [0.3, 0.4) is 0 Å². The van der Waals surface area contributed by atoms with Crippen LogP contribution < -0.4 is 5.32 Å². The minimum absolute atomic E-state index is 0.467. The van der Waals surface area contributed by atoms with Crippen molar-refractivity contribution in [3.8, 4) is 16.9 Å². The molecule has 0 unspecified atom stereocenters. The zero-order valence-electron chi connectivity index (χ0n) is 15.1. The van der Waals surface area contributed by atoms with E-state index in [0.29, 0.717) is 22.0 Å². The lowest BCUT2D eigenvalue weighted by molar-refractivity contribution is 0.461.